The summed E-state index contributed by atoms with van der Waals surface area (Å²) in [4.78, 5) is 52.7. The first-order chi connectivity index (χ1) is 22.5. The summed E-state index contributed by atoms with van der Waals surface area (Å²) in [5, 5.41) is 0. The number of rotatable bonds is 8. The summed E-state index contributed by atoms with van der Waals surface area (Å²) in [6.45, 7) is 8.39. The molecule has 3 aromatic rings. The summed E-state index contributed by atoms with van der Waals surface area (Å²) in [7, 11) is 0. The van der Waals surface area contributed by atoms with Crippen molar-refractivity contribution in [3.63, 3.8) is 0 Å². The summed E-state index contributed by atoms with van der Waals surface area (Å²) in [6.07, 6.45) is 3.74. The standard InChI is InChI=1S/C37H45N5O4/c1-2-46-35(43)27-39-20-22-41(23-21-39)36(44)30-14-9-17-42(26-30)32-15-18-40(19-16-32)37(45)31-24-33(28-10-5-3-6-11-28)38-34(25-31)29-12-7-4-8-13-29/h3-8,10-13,24-25,30,32H,2,9,14-23,26-27H2,1H3/t30-/m1/s1. The predicted octanol–water partition coefficient (Wildman–Crippen LogP) is 4.44. The molecule has 2 aromatic carbocycles. The van der Waals surface area contributed by atoms with Gasteiger partial charge in [0.25, 0.3) is 5.91 Å². The number of esters is 1. The molecular formula is C37H45N5O4. The third-order valence-corrected chi connectivity index (χ3v) is 9.62. The number of piperazine rings is 1. The summed E-state index contributed by atoms with van der Waals surface area (Å²) < 4.78 is 5.08. The largest absolute Gasteiger partial charge is 0.465 e. The Morgan fingerprint density at radius 1 is 0.761 bits per heavy atom. The Bertz CT molecular complexity index is 1430. The number of ether oxygens (including phenoxy) is 1. The Labute approximate surface area is 272 Å². The van der Waals surface area contributed by atoms with Crippen LogP contribution < -0.4 is 0 Å². The Morgan fingerprint density at radius 3 is 1.96 bits per heavy atom. The number of amides is 2. The molecule has 9 heteroatoms. The van der Waals surface area contributed by atoms with E-state index in [1.807, 2.05) is 89.5 Å². The second kappa shape index (κ2) is 15.0. The van der Waals surface area contributed by atoms with Gasteiger partial charge >= 0.3 is 5.97 Å². The number of piperidine rings is 2. The summed E-state index contributed by atoms with van der Waals surface area (Å²) in [5.41, 5.74) is 4.23. The molecule has 0 bridgehead atoms. The number of aromatic nitrogens is 1. The molecule has 0 radical (unpaired) electrons. The van der Waals surface area contributed by atoms with E-state index in [9.17, 15) is 14.4 Å². The van der Waals surface area contributed by atoms with Crippen LogP contribution in [0.4, 0.5) is 0 Å². The van der Waals surface area contributed by atoms with Gasteiger partial charge in [0.05, 0.1) is 30.5 Å². The molecule has 3 saturated heterocycles. The average Bonchev–Trinajstić information content (AvgIpc) is 3.12. The van der Waals surface area contributed by atoms with Gasteiger partial charge in [0, 0.05) is 68.5 Å². The van der Waals surface area contributed by atoms with Crippen molar-refractivity contribution in [1.82, 2.24) is 24.6 Å². The molecule has 0 unspecified atom stereocenters. The third-order valence-electron chi connectivity index (χ3n) is 9.62. The molecule has 1 aromatic heterocycles. The molecule has 4 heterocycles. The number of likely N-dealkylation sites (tertiary alicyclic amines) is 2. The van der Waals surface area contributed by atoms with Crippen molar-refractivity contribution >= 4 is 17.8 Å². The Kier molecular flexibility index (Phi) is 10.4. The van der Waals surface area contributed by atoms with E-state index in [2.05, 4.69) is 9.80 Å². The number of carbonyl (C=O) groups is 3. The monoisotopic (exact) mass is 623 g/mol. The van der Waals surface area contributed by atoms with E-state index in [1.54, 1.807) is 0 Å². The van der Waals surface area contributed by atoms with E-state index in [1.165, 1.54) is 0 Å². The minimum atomic E-state index is -0.201. The highest BCUT2D eigenvalue weighted by Crippen LogP contribution is 2.29. The lowest BCUT2D eigenvalue weighted by Gasteiger charge is -2.43. The quantitative estimate of drug-likeness (QED) is 0.343. The minimum Gasteiger partial charge on any atom is -0.465 e. The van der Waals surface area contributed by atoms with Crippen molar-refractivity contribution in [2.75, 3.05) is 65.5 Å². The molecular weight excluding hydrogens is 578 g/mol. The Hall–Kier alpha value is -4.08. The normalized spacial score (nSPS) is 20.0. The van der Waals surface area contributed by atoms with Crippen LogP contribution in [0.5, 0.6) is 0 Å². The van der Waals surface area contributed by atoms with Crippen molar-refractivity contribution in [2.45, 2.75) is 38.6 Å². The fourth-order valence-corrected chi connectivity index (χ4v) is 7.10. The molecule has 0 aliphatic carbocycles. The van der Waals surface area contributed by atoms with E-state index in [0.29, 0.717) is 57.5 Å². The van der Waals surface area contributed by atoms with Crippen LogP contribution in [0, 0.1) is 5.92 Å². The molecule has 6 rings (SSSR count). The lowest BCUT2D eigenvalue weighted by molar-refractivity contribution is -0.145. The van der Waals surface area contributed by atoms with Crippen molar-refractivity contribution in [2.24, 2.45) is 5.92 Å². The topological polar surface area (TPSA) is 86.3 Å². The van der Waals surface area contributed by atoms with Crippen LogP contribution in [-0.2, 0) is 14.3 Å². The van der Waals surface area contributed by atoms with Crippen LogP contribution in [0.3, 0.4) is 0 Å². The molecule has 46 heavy (non-hydrogen) atoms. The molecule has 1 atom stereocenters. The van der Waals surface area contributed by atoms with Crippen molar-refractivity contribution in [1.29, 1.82) is 0 Å². The lowest BCUT2D eigenvalue weighted by Crippen LogP contribution is -2.55. The van der Waals surface area contributed by atoms with Crippen molar-refractivity contribution in [3.05, 3.63) is 78.4 Å². The lowest BCUT2D eigenvalue weighted by atomic mass is 9.92. The highest BCUT2D eigenvalue weighted by atomic mass is 16.5. The van der Waals surface area contributed by atoms with Crippen molar-refractivity contribution in [3.8, 4) is 22.5 Å². The molecule has 0 saturated carbocycles. The molecule has 9 nitrogen and oxygen atoms in total. The predicted molar refractivity (Wildman–Crippen MR) is 178 cm³/mol. The van der Waals surface area contributed by atoms with Gasteiger partial charge in [-0.3, -0.25) is 24.2 Å². The van der Waals surface area contributed by atoms with Crippen LogP contribution in [0.15, 0.2) is 72.8 Å². The highest BCUT2D eigenvalue weighted by Gasteiger charge is 2.35. The van der Waals surface area contributed by atoms with Gasteiger partial charge in [0.2, 0.25) is 5.91 Å². The van der Waals surface area contributed by atoms with Crippen LogP contribution in [0.25, 0.3) is 22.5 Å². The van der Waals surface area contributed by atoms with Crippen LogP contribution in [0.2, 0.25) is 0 Å². The molecule has 3 aliphatic rings. The first kappa shape index (κ1) is 31.9. The number of nitrogens with zero attached hydrogens (tertiary/aromatic N) is 5. The third kappa shape index (κ3) is 7.65. The maximum Gasteiger partial charge on any atom is 0.320 e. The molecule has 0 spiro atoms. The number of hydrogen-bond donors (Lipinski definition) is 0. The van der Waals surface area contributed by atoms with Gasteiger partial charge in [0.15, 0.2) is 0 Å². The number of hydrogen-bond acceptors (Lipinski definition) is 7. The zero-order valence-corrected chi connectivity index (χ0v) is 26.9. The van der Waals surface area contributed by atoms with Gasteiger partial charge in [-0.1, -0.05) is 60.7 Å². The molecule has 3 fully saturated rings. The number of carbonyl (C=O) groups excluding carboxylic acids is 3. The summed E-state index contributed by atoms with van der Waals surface area (Å²) in [6, 6.07) is 24.3. The second-order valence-corrected chi connectivity index (χ2v) is 12.6. The van der Waals surface area contributed by atoms with Crippen molar-refractivity contribution < 1.29 is 19.1 Å². The Balaban J connectivity index is 1.05. The van der Waals surface area contributed by atoms with E-state index < -0.39 is 0 Å². The Morgan fingerprint density at radius 2 is 1.37 bits per heavy atom. The van der Waals surface area contributed by atoms with E-state index in [-0.39, 0.29) is 30.2 Å². The zero-order chi connectivity index (χ0) is 31.9. The van der Waals surface area contributed by atoms with Crippen LogP contribution >= 0.6 is 0 Å². The fourth-order valence-electron chi connectivity index (χ4n) is 7.10. The first-order valence-corrected chi connectivity index (χ1v) is 16.8. The van der Waals surface area contributed by atoms with Gasteiger partial charge in [-0.15, -0.1) is 0 Å². The molecule has 242 valence electrons. The highest BCUT2D eigenvalue weighted by molar-refractivity contribution is 5.96. The SMILES string of the molecule is CCOC(=O)CN1CCN(C(=O)[C@@H]2CCCN(C3CCN(C(=O)c4cc(-c5ccccc5)nc(-c5ccccc5)c4)CC3)C2)CC1. The maximum absolute atomic E-state index is 13.9. The zero-order valence-electron chi connectivity index (χ0n) is 26.9. The maximum atomic E-state index is 13.9. The van der Waals surface area contributed by atoms with E-state index in [0.717, 1.165) is 61.3 Å². The molecule has 2 amide bonds. The fraction of sp³-hybridized carbons (Fsp3) is 0.459. The van der Waals surface area contributed by atoms with E-state index in [4.69, 9.17) is 9.72 Å². The average molecular weight is 624 g/mol. The van der Waals surface area contributed by atoms with Gasteiger partial charge < -0.3 is 14.5 Å². The smallest absolute Gasteiger partial charge is 0.320 e. The molecule has 0 N–H and O–H groups in total. The van der Waals surface area contributed by atoms with Crippen LogP contribution in [0.1, 0.15) is 43.0 Å². The summed E-state index contributed by atoms with van der Waals surface area (Å²) in [5.74, 6) is 0.0977. The second-order valence-electron chi connectivity index (χ2n) is 12.6. The van der Waals surface area contributed by atoms with Gasteiger partial charge in [0.1, 0.15) is 0 Å². The van der Waals surface area contributed by atoms with E-state index >= 15 is 0 Å². The van der Waals surface area contributed by atoms with Gasteiger partial charge in [-0.25, -0.2) is 4.98 Å². The van der Waals surface area contributed by atoms with Crippen LogP contribution in [-0.4, -0.2) is 114 Å². The van der Waals surface area contributed by atoms with Gasteiger partial charge in [-0.05, 0) is 51.3 Å². The minimum absolute atomic E-state index is 0.00894. The first-order valence-electron chi connectivity index (χ1n) is 16.8. The number of pyridine rings is 1. The molecule has 3 aliphatic heterocycles. The number of benzene rings is 2. The summed E-state index contributed by atoms with van der Waals surface area (Å²) >= 11 is 0. The van der Waals surface area contributed by atoms with Gasteiger partial charge in [-0.2, -0.15) is 0 Å².